The summed E-state index contributed by atoms with van der Waals surface area (Å²) >= 11 is 0. The van der Waals surface area contributed by atoms with Gasteiger partial charge in [0.15, 0.2) is 0 Å². The first-order valence-electron chi connectivity index (χ1n) is 16.9. The van der Waals surface area contributed by atoms with Gasteiger partial charge in [-0.1, -0.05) is 120 Å². The van der Waals surface area contributed by atoms with Crippen molar-refractivity contribution in [3.8, 4) is 11.1 Å². The third-order valence-corrected chi connectivity index (χ3v) is 10.5. The maximum atomic E-state index is 12.8. The maximum Gasteiger partial charge on any atom is 0.311 e. The highest BCUT2D eigenvalue weighted by Gasteiger charge is 2.42. The van der Waals surface area contributed by atoms with Gasteiger partial charge in [0.1, 0.15) is 0 Å². The molecule has 2 nitrogen and oxygen atoms in total. The van der Waals surface area contributed by atoms with E-state index in [1.807, 2.05) is 0 Å². The van der Waals surface area contributed by atoms with E-state index < -0.39 is 0 Å². The summed E-state index contributed by atoms with van der Waals surface area (Å²) in [4.78, 5) is 12.8. The van der Waals surface area contributed by atoms with Gasteiger partial charge in [0.05, 0.1) is 12.5 Å². The summed E-state index contributed by atoms with van der Waals surface area (Å²) in [6, 6.07) is 18.7. The van der Waals surface area contributed by atoms with Crippen LogP contribution in [0.25, 0.3) is 11.1 Å². The molecule has 40 heavy (non-hydrogen) atoms. The van der Waals surface area contributed by atoms with Gasteiger partial charge in [-0.3, -0.25) is 4.79 Å². The summed E-state index contributed by atoms with van der Waals surface area (Å²) in [5.41, 5.74) is 5.33. The van der Waals surface area contributed by atoms with Crippen molar-refractivity contribution in [2.24, 2.45) is 11.3 Å². The number of rotatable bonds is 14. The molecule has 0 aromatic heterocycles. The molecule has 2 aromatic rings. The van der Waals surface area contributed by atoms with Gasteiger partial charge in [-0.15, -0.1) is 0 Å². The SMILES string of the molecule is CCCCCCCC1(C(=O)OC)CCC(c2ccc(-c3ccc(C4CCC(CCCCC)CC4)cc3)cc2)CC1. The monoisotopic (exact) mass is 544 g/mol. The fourth-order valence-corrected chi connectivity index (χ4v) is 7.71. The van der Waals surface area contributed by atoms with Gasteiger partial charge in [0, 0.05) is 0 Å². The van der Waals surface area contributed by atoms with E-state index in [1.54, 1.807) is 7.11 Å². The van der Waals surface area contributed by atoms with Crippen LogP contribution in [0.2, 0.25) is 0 Å². The predicted molar refractivity (Wildman–Crippen MR) is 170 cm³/mol. The van der Waals surface area contributed by atoms with Gasteiger partial charge in [0.2, 0.25) is 0 Å². The topological polar surface area (TPSA) is 26.3 Å². The van der Waals surface area contributed by atoms with E-state index in [-0.39, 0.29) is 11.4 Å². The Morgan fingerprint density at radius 2 is 1.18 bits per heavy atom. The average Bonchev–Trinajstić information content (AvgIpc) is 3.01. The number of ether oxygens (including phenoxy) is 1. The molecule has 0 amide bonds. The number of hydrogen-bond acceptors (Lipinski definition) is 2. The van der Waals surface area contributed by atoms with Crippen molar-refractivity contribution < 1.29 is 9.53 Å². The van der Waals surface area contributed by atoms with Crippen molar-refractivity contribution in [1.82, 2.24) is 0 Å². The predicted octanol–water partition coefficient (Wildman–Crippen LogP) is 11.4. The number of carbonyl (C=O) groups excluding carboxylic acids is 1. The van der Waals surface area contributed by atoms with Crippen LogP contribution >= 0.6 is 0 Å². The number of carbonyl (C=O) groups is 1. The van der Waals surface area contributed by atoms with Crippen LogP contribution in [0.3, 0.4) is 0 Å². The molecule has 4 rings (SSSR count). The van der Waals surface area contributed by atoms with E-state index >= 15 is 0 Å². The molecule has 2 heteroatoms. The number of benzene rings is 2. The van der Waals surface area contributed by atoms with Gasteiger partial charge >= 0.3 is 5.97 Å². The molecular weight excluding hydrogens is 488 g/mol. The van der Waals surface area contributed by atoms with E-state index in [2.05, 4.69) is 62.4 Å². The van der Waals surface area contributed by atoms with Crippen molar-refractivity contribution in [2.45, 2.75) is 141 Å². The van der Waals surface area contributed by atoms with Gasteiger partial charge in [-0.05, 0) is 97.8 Å². The molecule has 0 bridgehead atoms. The fourth-order valence-electron chi connectivity index (χ4n) is 7.71. The first-order valence-corrected chi connectivity index (χ1v) is 16.9. The minimum atomic E-state index is -0.256. The summed E-state index contributed by atoms with van der Waals surface area (Å²) in [6.45, 7) is 4.56. The standard InChI is InChI=1S/C38H56O2/c1-4-6-8-9-11-27-38(37(39)40-3)28-25-36(26-29-38)35-23-21-34(22-24-35)33-19-17-32(18-20-33)31-15-13-30(14-16-31)12-10-7-5-2/h17-24,30-31,36H,4-16,25-29H2,1-3H3. The number of methoxy groups -OCH3 is 1. The molecule has 0 saturated heterocycles. The second-order valence-electron chi connectivity index (χ2n) is 13.2. The molecule has 2 aromatic carbocycles. The van der Waals surface area contributed by atoms with E-state index in [0.29, 0.717) is 5.92 Å². The van der Waals surface area contributed by atoms with Crippen molar-refractivity contribution in [3.05, 3.63) is 59.7 Å². The lowest BCUT2D eigenvalue weighted by Crippen LogP contribution is -2.36. The fraction of sp³-hybridized carbons (Fsp3) is 0.658. The van der Waals surface area contributed by atoms with Crippen LogP contribution in [0, 0.1) is 11.3 Å². The Kier molecular flexibility index (Phi) is 12.2. The zero-order chi connectivity index (χ0) is 28.2. The third kappa shape index (κ3) is 8.23. The van der Waals surface area contributed by atoms with Crippen LogP contribution in [-0.4, -0.2) is 13.1 Å². The lowest BCUT2D eigenvalue weighted by molar-refractivity contribution is -0.155. The van der Waals surface area contributed by atoms with Crippen molar-refractivity contribution in [3.63, 3.8) is 0 Å². The molecular formula is C38H56O2. The van der Waals surface area contributed by atoms with Gasteiger partial charge in [-0.2, -0.15) is 0 Å². The van der Waals surface area contributed by atoms with Crippen LogP contribution < -0.4 is 0 Å². The van der Waals surface area contributed by atoms with E-state index in [1.165, 1.54) is 99.3 Å². The molecule has 220 valence electrons. The average molecular weight is 545 g/mol. The Hall–Kier alpha value is -2.09. The van der Waals surface area contributed by atoms with Crippen molar-refractivity contribution >= 4 is 5.97 Å². The van der Waals surface area contributed by atoms with Crippen LogP contribution in [0.5, 0.6) is 0 Å². The minimum Gasteiger partial charge on any atom is -0.469 e. The van der Waals surface area contributed by atoms with Crippen LogP contribution in [-0.2, 0) is 9.53 Å². The van der Waals surface area contributed by atoms with Crippen LogP contribution in [0.4, 0.5) is 0 Å². The van der Waals surface area contributed by atoms with Crippen LogP contribution in [0.1, 0.15) is 152 Å². The number of unbranched alkanes of at least 4 members (excludes halogenated alkanes) is 6. The van der Waals surface area contributed by atoms with Gasteiger partial charge < -0.3 is 4.74 Å². The summed E-state index contributed by atoms with van der Waals surface area (Å²) in [5.74, 6) is 2.29. The smallest absolute Gasteiger partial charge is 0.311 e. The number of hydrogen-bond donors (Lipinski definition) is 0. The first kappa shape index (κ1) is 30.9. The Morgan fingerprint density at radius 3 is 1.70 bits per heavy atom. The molecule has 2 fully saturated rings. The Bertz CT molecular complexity index is 989. The molecule has 0 spiro atoms. The van der Waals surface area contributed by atoms with E-state index in [0.717, 1.165) is 50.4 Å². The largest absolute Gasteiger partial charge is 0.469 e. The molecule has 0 heterocycles. The minimum absolute atomic E-state index is 0.0280. The maximum absolute atomic E-state index is 12.8. The third-order valence-electron chi connectivity index (χ3n) is 10.5. The Labute approximate surface area is 245 Å². The zero-order valence-electron chi connectivity index (χ0n) is 25.9. The molecule has 0 unspecified atom stereocenters. The summed E-state index contributed by atoms with van der Waals surface area (Å²) in [5, 5.41) is 0. The molecule has 0 aliphatic heterocycles. The molecule has 0 atom stereocenters. The summed E-state index contributed by atoms with van der Waals surface area (Å²) in [7, 11) is 1.57. The first-order chi connectivity index (χ1) is 19.6. The van der Waals surface area contributed by atoms with Crippen molar-refractivity contribution in [2.75, 3.05) is 7.11 Å². The highest BCUT2D eigenvalue weighted by atomic mass is 16.5. The second-order valence-corrected chi connectivity index (χ2v) is 13.2. The highest BCUT2D eigenvalue weighted by Crippen LogP contribution is 2.47. The lowest BCUT2D eigenvalue weighted by atomic mass is 9.66. The molecule has 0 radical (unpaired) electrons. The number of esters is 1. The van der Waals surface area contributed by atoms with Crippen molar-refractivity contribution in [1.29, 1.82) is 0 Å². The highest BCUT2D eigenvalue weighted by molar-refractivity contribution is 5.77. The van der Waals surface area contributed by atoms with Gasteiger partial charge in [0.25, 0.3) is 0 Å². The second kappa shape index (κ2) is 15.8. The zero-order valence-corrected chi connectivity index (χ0v) is 25.9. The quantitative estimate of drug-likeness (QED) is 0.175. The summed E-state index contributed by atoms with van der Waals surface area (Å²) in [6.07, 6.45) is 22.5. The van der Waals surface area contributed by atoms with E-state index in [9.17, 15) is 4.79 Å². The molecule has 2 aliphatic carbocycles. The van der Waals surface area contributed by atoms with Gasteiger partial charge in [-0.25, -0.2) is 0 Å². The van der Waals surface area contributed by atoms with Crippen LogP contribution in [0.15, 0.2) is 48.5 Å². The molecule has 2 aliphatic rings. The molecule has 2 saturated carbocycles. The lowest BCUT2D eigenvalue weighted by Gasteiger charge is -2.38. The Morgan fingerprint density at radius 1 is 0.675 bits per heavy atom. The van der Waals surface area contributed by atoms with E-state index in [4.69, 9.17) is 4.74 Å². The normalized spacial score (nSPS) is 25.0. The summed E-state index contributed by atoms with van der Waals surface area (Å²) < 4.78 is 5.31. The Balaban J connectivity index is 1.28. The molecule has 0 N–H and O–H groups in total.